The summed E-state index contributed by atoms with van der Waals surface area (Å²) in [5.41, 5.74) is 9.77. The third-order valence-corrected chi connectivity index (χ3v) is 4.99. The maximum Gasteiger partial charge on any atom is 0.325 e. The molecule has 0 radical (unpaired) electrons. The van der Waals surface area contributed by atoms with Gasteiger partial charge in [-0.05, 0) is 32.4 Å². The number of ether oxygens (including phenoxy) is 1. The number of aliphatic hydroxyl groups excluding tert-OH is 2. The van der Waals surface area contributed by atoms with Crippen LogP contribution in [0.3, 0.4) is 0 Å². The Morgan fingerprint density at radius 2 is 2.22 bits per heavy atom. The van der Waals surface area contributed by atoms with Gasteiger partial charge in [-0.2, -0.15) is 10.4 Å². The molecule has 4 atom stereocenters. The number of anilines is 1. The number of nitrogens with two attached hydrogens (primary N) is 2. The predicted octanol–water partition coefficient (Wildman–Crippen LogP) is -0.905. The van der Waals surface area contributed by atoms with Crippen LogP contribution in [-0.2, 0) is 14.9 Å². The molecule has 1 aliphatic carbocycles. The molecule has 27 heavy (non-hydrogen) atoms. The smallest absolute Gasteiger partial charge is 0.325 e. The fourth-order valence-corrected chi connectivity index (χ4v) is 3.45. The molecule has 0 unspecified atom stereocenters. The van der Waals surface area contributed by atoms with Gasteiger partial charge in [0, 0.05) is 5.92 Å². The van der Waals surface area contributed by atoms with E-state index in [4.69, 9.17) is 16.2 Å². The number of nitrogen functional groups attached to an aromatic ring is 1. The summed E-state index contributed by atoms with van der Waals surface area (Å²) in [5, 5.41) is 35.2. The zero-order chi connectivity index (χ0) is 20.0. The minimum absolute atomic E-state index is 0.0696. The first-order valence-electron chi connectivity index (χ1n) is 8.44. The largest absolute Gasteiger partial charge is 0.464 e. The van der Waals surface area contributed by atoms with E-state index in [0.717, 1.165) is 0 Å². The minimum atomic E-state index is -1.44. The van der Waals surface area contributed by atoms with E-state index in [1.807, 2.05) is 0 Å². The van der Waals surface area contributed by atoms with Crippen LogP contribution in [-0.4, -0.2) is 55.1 Å². The predicted molar refractivity (Wildman–Crippen MR) is 94.0 cm³/mol. The maximum absolute atomic E-state index is 11.9. The molecule has 0 bridgehead atoms. The number of nitriles is 1. The van der Waals surface area contributed by atoms with Crippen LogP contribution in [0, 0.1) is 17.2 Å². The lowest BCUT2D eigenvalue weighted by molar-refractivity contribution is -0.151. The number of hydrogen-bond acceptors (Lipinski definition) is 9. The molecular weight excluding hydrogens is 352 g/mol. The normalized spacial score (nSPS) is 28.2. The molecule has 1 saturated carbocycles. The Morgan fingerprint density at radius 3 is 2.85 bits per heavy atom. The van der Waals surface area contributed by atoms with Crippen molar-refractivity contribution in [3.63, 3.8) is 0 Å². The molecule has 3 rings (SSSR count). The molecule has 0 amide bonds. The highest BCUT2D eigenvalue weighted by atomic mass is 16.5. The molecule has 10 nitrogen and oxygen atoms in total. The van der Waals surface area contributed by atoms with E-state index < -0.39 is 35.0 Å². The van der Waals surface area contributed by atoms with Gasteiger partial charge in [0.05, 0.1) is 24.5 Å². The first-order valence-corrected chi connectivity index (χ1v) is 8.44. The van der Waals surface area contributed by atoms with Gasteiger partial charge in [-0.15, -0.1) is 0 Å². The second-order valence-corrected chi connectivity index (χ2v) is 7.46. The highest BCUT2D eigenvalue weighted by Crippen LogP contribution is 2.45. The molecule has 1 aliphatic rings. The van der Waals surface area contributed by atoms with Gasteiger partial charge in [0.1, 0.15) is 28.9 Å². The lowest BCUT2D eigenvalue weighted by Crippen LogP contribution is -2.44. The van der Waals surface area contributed by atoms with Crippen LogP contribution in [0.2, 0.25) is 0 Å². The van der Waals surface area contributed by atoms with Crippen molar-refractivity contribution < 1.29 is 19.7 Å². The van der Waals surface area contributed by atoms with E-state index in [9.17, 15) is 20.3 Å². The van der Waals surface area contributed by atoms with E-state index in [1.165, 1.54) is 24.7 Å². The summed E-state index contributed by atoms with van der Waals surface area (Å²) >= 11 is 0. The van der Waals surface area contributed by atoms with Gasteiger partial charge in [-0.25, -0.2) is 9.50 Å². The zero-order valence-electron chi connectivity index (χ0n) is 15.0. The van der Waals surface area contributed by atoms with Crippen molar-refractivity contribution in [2.75, 3.05) is 12.3 Å². The summed E-state index contributed by atoms with van der Waals surface area (Å²) in [4.78, 5) is 15.8. The molecule has 0 spiro atoms. The SMILES string of the molecule is CC(C)(N)C(=O)OC[C@H]1C[C@@](C#N)(c2ccc3c(N)ncnn23)[C@H](O)[C@@H]1O. The van der Waals surface area contributed by atoms with Crippen LogP contribution in [0.1, 0.15) is 26.0 Å². The number of carbonyl (C=O) groups is 1. The number of carbonyl (C=O) groups excluding carboxylic acids is 1. The molecule has 0 aromatic carbocycles. The Morgan fingerprint density at radius 1 is 1.52 bits per heavy atom. The van der Waals surface area contributed by atoms with Crippen molar-refractivity contribution >= 4 is 17.3 Å². The third-order valence-electron chi connectivity index (χ3n) is 4.99. The van der Waals surface area contributed by atoms with E-state index in [1.54, 1.807) is 12.1 Å². The fourth-order valence-electron chi connectivity index (χ4n) is 3.45. The van der Waals surface area contributed by atoms with Gasteiger partial charge < -0.3 is 26.4 Å². The zero-order valence-corrected chi connectivity index (χ0v) is 15.0. The molecule has 6 N–H and O–H groups in total. The molecule has 0 saturated heterocycles. The second-order valence-electron chi connectivity index (χ2n) is 7.46. The van der Waals surface area contributed by atoms with Crippen LogP contribution < -0.4 is 11.5 Å². The molecule has 10 heteroatoms. The Kier molecular flexibility index (Phi) is 4.55. The molecule has 144 valence electrons. The average molecular weight is 374 g/mol. The summed E-state index contributed by atoms with van der Waals surface area (Å²) < 4.78 is 6.60. The number of fused-ring (bicyclic) bond motifs is 1. The van der Waals surface area contributed by atoms with Gasteiger partial charge in [0.2, 0.25) is 0 Å². The third kappa shape index (κ3) is 2.99. The summed E-state index contributed by atoms with van der Waals surface area (Å²) in [6, 6.07) is 5.39. The average Bonchev–Trinajstić information content (AvgIpc) is 3.15. The molecule has 2 aromatic rings. The summed E-state index contributed by atoms with van der Waals surface area (Å²) in [6.45, 7) is 2.85. The minimum Gasteiger partial charge on any atom is -0.464 e. The van der Waals surface area contributed by atoms with E-state index in [-0.39, 0.29) is 18.8 Å². The topological polar surface area (TPSA) is 173 Å². The Balaban J connectivity index is 1.93. The van der Waals surface area contributed by atoms with Crippen LogP contribution >= 0.6 is 0 Å². The lowest BCUT2D eigenvalue weighted by Gasteiger charge is -2.25. The first kappa shape index (κ1) is 19.0. The second kappa shape index (κ2) is 6.45. The van der Waals surface area contributed by atoms with Gasteiger partial charge in [0.25, 0.3) is 0 Å². The van der Waals surface area contributed by atoms with E-state index in [2.05, 4.69) is 16.2 Å². The van der Waals surface area contributed by atoms with E-state index in [0.29, 0.717) is 11.2 Å². The Labute approximate surface area is 155 Å². The standard InChI is InChI=1S/C17H22N6O4/c1-16(2,20)15(26)27-6-9-5-17(7-18,13(25)12(9)24)11-4-3-10-14(19)21-8-22-23(10)11/h3-4,8-9,12-13,24-25H,5-6,20H2,1-2H3,(H2,19,21,22)/t9-,12-,13-,17-/m1/s1. The van der Waals surface area contributed by atoms with Gasteiger partial charge in [-0.3, -0.25) is 4.79 Å². The van der Waals surface area contributed by atoms with Crippen molar-refractivity contribution in [1.82, 2.24) is 14.6 Å². The van der Waals surface area contributed by atoms with Crippen molar-refractivity contribution in [2.24, 2.45) is 11.7 Å². The Hall–Kier alpha value is -2.74. The van der Waals surface area contributed by atoms with Crippen molar-refractivity contribution in [3.05, 3.63) is 24.2 Å². The van der Waals surface area contributed by atoms with Crippen LogP contribution in [0.4, 0.5) is 5.82 Å². The summed E-state index contributed by atoms with van der Waals surface area (Å²) in [6.07, 6.45) is -1.34. The number of aliphatic hydroxyl groups is 2. The molecule has 2 aromatic heterocycles. The van der Waals surface area contributed by atoms with Gasteiger partial charge >= 0.3 is 5.97 Å². The summed E-state index contributed by atoms with van der Waals surface area (Å²) in [7, 11) is 0. The summed E-state index contributed by atoms with van der Waals surface area (Å²) in [5.74, 6) is -1.05. The fraction of sp³-hybridized carbons (Fsp3) is 0.529. The van der Waals surface area contributed by atoms with Gasteiger partial charge in [-0.1, -0.05) is 0 Å². The Bertz CT molecular complexity index is 914. The van der Waals surface area contributed by atoms with Crippen molar-refractivity contribution in [2.45, 2.75) is 43.4 Å². The highest BCUT2D eigenvalue weighted by molar-refractivity contribution is 5.79. The molecule has 1 fully saturated rings. The highest BCUT2D eigenvalue weighted by Gasteiger charge is 2.56. The number of rotatable bonds is 4. The van der Waals surface area contributed by atoms with E-state index >= 15 is 0 Å². The van der Waals surface area contributed by atoms with Crippen LogP contribution in [0.15, 0.2) is 18.5 Å². The monoisotopic (exact) mass is 374 g/mol. The van der Waals surface area contributed by atoms with Crippen LogP contribution in [0.5, 0.6) is 0 Å². The number of hydrogen-bond donors (Lipinski definition) is 4. The van der Waals surface area contributed by atoms with Crippen LogP contribution in [0.25, 0.3) is 5.52 Å². The number of aromatic nitrogens is 3. The molecule has 2 heterocycles. The quantitative estimate of drug-likeness (QED) is 0.494. The first-order chi connectivity index (χ1) is 12.6. The van der Waals surface area contributed by atoms with Crippen molar-refractivity contribution in [3.8, 4) is 6.07 Å². The molecular formula is C17H22N6O4. The van der Waals surface area contributed by atoms with Crippen molar-refractivity contribution in [1.29, 1.82) is 5.26 Å². The lowest BCUT2D eigenvalue weighted by atomic mass is 9.81. The van der Waals surface area contributed by atoms with Gasteiger partial charge in [0.15, 0.2) is 5.82 Å². The number of nitrogens with zero attached hydrogens (tertiary/aromatic N) is 4. The number of esters is 1. The maximum atomic E-state index is 11.9. The molecule has 0 aliphatic heterocycles.